The van der Waals surface area contributed by atoms with E-state index in [1.54, 1.807) is 6.07 Å². The fourth-order valence-electron chi connectivity index (χ4n) is 2.73. The first-order chi connectivity index (χ1) is 13.3. The van der Waals surface area contributed by atoms with Crippen LogP contribution in [0.1, 0.15) is 25.0 Å². The van der Waals surface area contributed by atoms with Gasteiger partial charge in [-0.15, -0.1) is 0 Å². The van der Waals surface area contributed by atoms with Crippen LogP contribution in [0.5, 0.6) is 5.75 Å². The number of nitrogen functional groups attached to an aromatic ring is 1. The lowest BCUT2D eigenvalue weighted by Gasteiger charge is -2.18. The van der Waals surface area contributed by atoms with Gasteiger partial charge in [-0.05, 0) is 32.0 Å². The number of hydrogen-bond acceptors (Lipinski definition) is 5. The van der Waals surface area contributed by atoms with Crippen LogP contribution in [0.3, 0.4) is 0 Å². The van der Waals surface area contributed by atoms with Crippen LogP contribution in [0.25, 0.3) is 0 Å². The van der Waals surface area contributed by atoms with Crippen molar-refractivity contribution in [2.75, 3.05) is 24.3 Å². The Morgan fingerprint density at radius 3 is 2.71 bits per heavy atom. The highest BCUT2D eigenvalue weighted by atomic mass is 16.7. The van der Waals surface area contributed by atoms with Gasteiger partial charge < -0.3 is 25.1 Å². The molecule has 2 aromatic rings. The predicted octanol–water partition coefficient (Wildman–Crippen LogP) is 3.29. The van der Waals surface area contributed by atoms with Crippen molar-refractivity contribution in [2.45, 2.75) is 25.7 Å². The normalized spacial score (nSPS) is 17.4. The molecule has 0 spiro atoms. The average molecular weight is 382 g/mol. The molecule has 1 amide bonds. The summed E-state index contributed by atoms with van der Waals surface area (Å²) in [6, 6.07) is 12.6. The lowest BCUT2D eigenvalue weighted by Crippen LogP contribution is -2.25. The van der Waals surface area contributed by atoms with Crippen molar-refractivity contribution in [2.24, 2.45) is 0 Å². The highest BCUT2D eigenvalue weighted by Gasteiger charge is 2.33. The van der Waals surface area contributed by atoms with Crippen molar-refractivity contribution in [1.82, 2.24) is 0 Å². The summed E-state index contributed by atoms with van der Waals surface area (Å²) in [5.74, 6) is 5.85. The molecule has 0 aromatic heterocycles. The number of ether oxygens (including phenoxy) is 3. The molecule has 1 saturated heterocycles. The standard InChI is InChI=1S/C21H22N2O5/c1-21(2)27-13-16(28-21)12-26-19-11-18(23-20(24)25)17(22)10-15(19)9-8-14-6-4-3-5-7-14/h3-7,10-11,16,23H,12-13,22H2,1-2H3,(H,24,25). The van der Waals surface area contributed by atoms with Crippen molar-refractivity contribution >= 4 is 17.5 Å². The molecule has 0 bridgehead atoms. The van der Waals surface area contributed by atoms with E-state index in [1.807, 2.05) is 44.2 Å². The topological polar surface area (TPSA) is 103 Å². The molecular weight excluding hydrogens is 360 g/mol. The summed E-state index contributed by atoms with van der Waals surface area (Å²) in [5, 5.41) is 11.3. The largest absolute Gasteiger partial charge is 0.489 e. The van der Waals surface area contributed by atoms with Gasteiger partial charge in [0.15, 0.2) is 5.79 Å². The number of amides is 1. The van der Waals surface area contributed by atoms with Gasteiger partial charge in [-0.2, -0.15) is 0 Å². The zero-order valence-electron chi connectivity index (χ0n) is 15.7. The van der Waals surface area contributed by atoms with Gasteiger partial charge in [0.2, 0.25) is 0 Å². The predicted molar refractivity (Wildman–Crippen MR) is 105 cm³/mol. The van der Waals surface area contributed by atoms with Gasteiger partial charge >= 0.3 is 6.09 Å². The van der Waals surface area contributed by atoms with Crippen LogP contribution in [0, 0.1) is 11.8 Å². The molecule has 7 heteroatoms. The van der Waals surface area contributed by atoms with Gasteiger partial charge in [0.05, 0.1) is 23.5 Å². The molecule has 1 heterocycles. The highest BCUT2D eigenvalue weighted by molar-refractivity contribution is 5.88. The third-order valence-electron chi connectivity index (χ3n) is 4.00. The number of carboxylic acid groups (broad SMARTS) is 1. The second kappa shape index (κ2) is 8.21. The van der Waals surface area contributed by atoms with Crippen molar-refractivity contribution in [3.8, 4) is 17.6 Å². The monoisotopic (exact) mass is 382 g/mol. The summed E-state index contributed by atoms with van der Waals surface area (Å²) in [5.41, 5.74) is 7.85. The number of hydrogen-bond donors (Lipinski definition) is 3. The second-order valence-corrected chi connectivity index (χ2v) is 6.74. The number of nitrogens with two attached hydrogens (primary N) is 1. The molecule has 3 rings (SSSR count). The summed E-state index contributed by atoms with van der Waals surface area (Å²) in [6.07, 6.45) is -1.45. The Bertz CT molecular complexity index is 916. The minimum absolute atomic E-state index is 0.233. The second-order valence-electron chi connectivity index (χ2n) is 6.74. The van der Waals surface area contributed by atoms with Crippen LogP contribution in [0.15, 0.2) is 42.5 Å². The van der Waals surface area contributed by atoms with E-state index in [9.17, 15) is 4.79 Å². The third-order valence-corrected chi connectivity index (χ3v) is 4.00. The summed E-state index contributed by atoms with van der Waals surface area (Å²) >= 11 is 0. The third kappa shape index (κ3) is 5.16. The minimum atomic E-state index is -1.21. The van der Waals surface area contributed by atoms with Crippen molar-refractivity contribution in [3.05, 3.63) is 53.6 Å². The Kier molecular flexibility index (Phi) is 5.73. The van der Waals surface area contributed by atoms with Gasteiger partial charge in [0.1, 0.15) is 18.5 Å². The molecular formula is C21H22N2O5. The lowest BCUT2D eigenvalue weighted by molar-refractivity contribution is -0.141. The van der Waals surface area contributed by atoms with E-state index >= 15 is 0 Å². The van der Waals surface area contributed by atoms with E-state index in [-0.39, 0.29) is 24.1 Å². The summed E-state index contributed by atoms with van der Waals surface area (Å²) < 4.78 is 17.2. The maximum absolute atomic E-state index is 11.0. The molecule has 1 aliphatic heterocycles. The van der Waals surface area contributed by atoms with Crippen LogP contribution >= 0.6 is 0 Å². The molecule has 0 radical (unpaired) electrons. The molecule has 2 aromatic carbocycles. The van der Waals surface area contributed by atoms with E-state index in [0.717, 1.165) is 5.56 Å². The Morgan fingerprint density at radius 1 is 1.32 bits per heavy atom. The molecule has 0 saturated carbocycles. The fraction of sp³-hybridized carbons (Fsp3) is 0.286. The molecule has 1 aliphatic rings. The first-order valence-corrected chi connectivity index (χ1v) is 8.77. The van der Waals surface area contributed by atoms with Crippen LogP contribution in [0.2, 0.25) is 0 Å². The molecule has 4 N–H and O–H groups in total. The van der Waals surface area contributed by atoms with E-state index in [1.165, 1.54) is 6.07 Å². The van der Waals surface area contributed by atoms with Gasteiger partial charge in [0.25, 0.3) is 0 Å². The van der Waals surface area contributed by atoms with Gasteiger partial charge in [0, 0.05) is 11.6 Å². The molecule has 7 nitrogen and oxygen atoms in total. The number of rotatable bonds is 4. The number of nitrogens with one attached hydrogen (secondary N) is 1. The van der Waals surface area contributed by atoms with E-state index in [4.69, 9.17) is 25.1 Å². The molecule has 1 atom stereocenters. The zero-order valence-corrected chi connectivity index (χ0v) is 15.7. The molecule has 0 aliphatic carbocycles. The first kappa shape index (κ1) is 19.5. The number of carbonyl (C=O) groups is 1. The maximum Gasteiger partial charge on any atom is 0.409 e. The highest BCUT2D eigenvalue weighted by Crippen LogP contribution is 2.30. The Labute approximate surface area is 163 Å². The Morgan fingerprint density at radius 2 is 2.07 bits per heavy atom. The van der Waals surface area contributed by atoms with Crippen molar-refractivity contribution in [1.29, 1.82) is 0 Å². The lowest BCUT2D eigenvalue weighted by atomic mass is 10.1. The van der Waals surface area contributed by atoms with Crippen LogP contribution in [-0.2, 0) is 9.47 Å². The zero-order chi connectivity index (χ0) is 20.1. The molecule has 146 valence electrons. The minimum Gasteiger partial charge on any atom is -0.489 e. The quantitative estimate of drug-likeness (QED) is 0.554. The molecule has 1 unspecified atom stereocenters. The van der Waals surface area contributed by atoms with Crippen LogP contribution in [-0.4, -0.2) is 36.3 Å². The van der Waals surface area contributed by atoms with Gasteiger partial charge in [-0.1, -0.05) is 30.0 Å². The van der Waals surface area contributed by atoms with Gasteiger partial charge in [-0.3, -0.25) is 5.32 Å². The number of anilines is 2. The Hall–Kier alpha value is -3.21. The SMILES string of the molecule is CC1(C)OCC(COc2cc(NC(=O)O)c(N)cc2C#Cc2ccccc2)O1. The summed E-state index contributed by atoms with van der Waals surface area (Å²) in [6.45, 7) is 4.32. The summed E-state index contributed by atoms with van der Waals surface area (Å²) in [4.78, 5) is 11.0. The molecule has 1 fully saturated rings. The van der Waals surface area contributed by atoms with Crippen molar-refractivity contribution < 1.29 is 24.1 Å². The maximum atomic E-state index is 11.0. The van der Waals surface area contributed by atoms with E-state index < -0.39 is 11.9 Å². The average Bonchev–Trinajstić information content (AvgIpc) is 3.00. The smallest absolute Gasteiger partial charge is 0.409 e. The first-order valence-electron chi connectivity index (χ1n) is 8.77. The van der Waals surface area contributed by atoms with Crippen LogP contribution in [0.4, 0.5) is 16.2 Å². The number of benzene rings is 2. The van der Waals surface area contributed by atoms with Gasteiger partial charge in [-0.25, -0.2) is 4.79 Å². The molecule has 28 heavy (non-hydrogen) atoms. The van der Waals surface area contributed by atoms with E-state index in [2.05, 4.69) is 17.2 Å². The van der Waals surface area contributed by atoms with Crippen molar-refractivity contribution in [3.63, 3.8) is 0 Å². The van der Waals surface area contributed by atoms with Crippen LogP contribution < -0.4 is 15.8 Å². The summed E-state index contributed by atoms with van der Waals surface area (Å²) in [7, 11) is 0. The fourth-order valence-corrected chi connectivity index (χ4v) is 2.73. The van der Waals surface area contributed by atoms with E-state index in [0.29, 0.717) is 17.9 Å². The Balaban J connectivity index is 1.86.